The Bertz CT molecular complexity index is 821. The monoisotopic (exact) mass is 332 g/mol. The molecule has 0 fully saturated rings. The second kappa shape index (κ2) is 5.81. The van der Waals surface area contributed by atoms with E-state index in [0.29, 0.717) is 5.69 Å². The summed E-state index contributed by atoms with van der Waals surface area (Å²) in [5.41, 5.74) is 0.650. The summed E-state index contributed by atoms with van der Waals surface area (Å²) in [4.78, 5) is 37.3. The second-order valence-corrected chi connectivity index (χ2v) is 5.32. The quantitative estimate of drug-likeness (QED) is 0.879. The van der Waals surface area contributed by atoms with Crippen LogP contribution in [-0.2, 0) is 4.79 Å². The Morgan fingerprint density at radius 3 is 2.43 bits per heavy atom. The highest BCUT2D eigenvalue weighted by molar-refractivity contribution is 6.37. The average Bonchev–Trinajstić information content (AvgIpc) is 2.76. The summed E-state index contributed by atoms with van der Waals surface area (Å²) in [7, 11) is 0. The van der Waals surface area contributed by atoms with E-state index in [1.54, 1.807) is 6.07 Å². The molecular weight excluding hydrogens is 323 g/mol. The van der Waals surface area contributed by atoms with Crippen LogP contribution in [-0.4, -0.2) is 29.2 Å². The van der Waals surface area contributed by atoms with Gasteiger partial charge in [-0.05, 0) is 36.4 Å². The Balaban J connectivity index is 1.75. The second-order valence-electron chi connectivity index (χ2n) is 4.91. The first-order valence-corrected chi connectivity index (χ1v) is 7.05. The van der Waals surface area contributed by atoms with E-state index >= 15 is 0 Å². The van der Waals surface area contributed by atoms with E-state index in [1.807, 2.05) is 0 Å². The molecule has 7 heteroatoms. The van der Waals surface area contributed by atoms with Crippen molar-refractivity contribution in [3.8, 4) is 0 Å². The zero-order chi connectivity index (χ0) is 16.6. The molecule has 0 atom stereocenters. The summed E-state index contributed by atoms with van der Waals surface area (Å²) in [5, 5.41) is 2.66. The molecule has 1 aliphatic rings. The Morgan fingerprint density at radius 2 is 1.78 bits per heavy atom. The molecular formula is C16H10ClFN2O3. The molecule has 0 bridgehead atoms. The van der Waals surface area contributed by atoms with Gasteiger partial charge in [0, 0.05) is 5.69 Å². The first-order chi connectivity index (χ1) is 11.0. The molecule has 3 amide bonds. The van der Waals surface area contributed by atoms with Crippen LogP contribution >= 0.6 is 11.6 Å². The van der Waals surface area contributed by atoms with Gasteiger partial charge in [-0.2, -0.15) is 0 Å². The van der Waals surface area contributed by atoms with Crippen LogP contribution in [0, 0.1) is 5.82 Å². The molecule has 116 valence electrons. The Kier molecular flexibility index (Phi) is 3.83. The SMILES string of the molecule is O=C(CN1C(=O)c2cccc(Cl)c2C1=O)Nc1ccc(F)cc1. The Hall–Kier alpha value is -2.73. The number of halogens is 2. The van der Waals surface area contributed by atoms with Gasteiger partial charge in [0.25, 0.3) is 11.8 Å². The highest BCUT2D eigenvalue weighted by atomic mass is 35.5. The molecule has 0 unspecified atom stereocenters. The number of amides is 3. The fourth-order valence-corrected chi connectivity index (χ4v) is 2.57. The number of fused-ring (bicyclic) bond motifs is 1. The van der Waals surface area contributed by atoms with Gasteiger partial charge in [-0.1, -0.05) is 17.7 Å². The lowest BCUT2D eigenvalue weighted by molar-refractivity contribution is -0.116. The molecule has 1 aliphatic heterocycles. The highest BCUT2D eigenvalue weighted by Gasteiger charge is 2.38. The van der Waals surface area contributed by atoms with Crippen LogP contribution in [0.5, 0.6) is 0 Å². The van der Waals surface area contributed by atoms with Crippen LogP contribution in [0.3, 0.4) is 0 Å². The molecule has 23 heavy (non-hydrogen) atoms. The highest BCUT2D eigenvalue weighted by Crippen LogP contribution is 2.28. The zero-order valence-corrected chi connectivity index (χ0v) is 12.4. The third-order valence-electron chi connectivity index (χ3n) is 3.38. The summed E-state index contributed by atoms with van der Waals surface area (Å²) < 4.78 is 12.8. The van der Waals surface area contributed by atoms with Crippen LogP contribution < -0.4 is 5.32 Å². The van der Waals surface area contributed by atoms with Gasteiger partial charge in [-0.25, -0.2) is 4.39 Å². The Labute approximate surface area is 135 Å². The van der Waals surface area contributed by atoms with Gasteiger partial charge in [0.1, 0.15) is 12.4 Å². The minimum absolute atomic E-state index is 0.105. The molecule has 3 rings (SSSR count). The molecule has 0 aliphatic carbocycles. The van der Waals surface area contributed by atoms with Crippen molar-refractivity contribution in [2.45, 2.75) is 0 Å². The van der Waals surface area contributed by atoms with Crippen molar-refractivity contribution < 1.29 is 18.8 Å². The predicted octanol–water partition coefficient (Wildman–Crippen LogP) is 2.71. The number of carbonyl (C=O) groups is 3. The van der Waals surface area contributed by atoms with Crippen molar-refractivity contribution >= 4 is 35.0 Å². The van der Waals surface area contributed by atoms with E-state index in [1.165, 1.54) is 36.4 Å². The summed E-state index contributed by atoms with van der Waals surface area (Å²) in [6.45, 7) is -0.444. The first-order valence-electron chi connectivity index (χ1n) is 6.67. The molecule has 0 saturated carbocycles. The molecule has 1 N–H and O–H groups in total. The van der Waals surface area contributed by atoms with Crippen LogP contribution in [0.15, 0.2) is 42.5 Å². The van der Waals surface area contributed by atoms with E-state index in [-0.39, 0.29) is 16.1 Å². The fourth-order valence-electron chi connectivity index (χ4n) is 2.31. The molecule has 5 nitrogen and oxygen atoms in total. The minimum atomic E-state index is -0.607. The van der Waals surface area contributed by atoms with Crippen molar-refractivity contribution in [2.75, 3.05) is 11.9 Å². The zero-order valence-electron chi connectivity index (χ0n) is 11.7. The van der Waals surface area contributed by atoms with Gasteiger partial charge < -0.3 is 5.32 Å². The lowest BCUT2D eigenvalue weighted by Gasteiger charge is -2.13. The number of carbonyl (C=O) groups excluding carboxylic acids is 3. The molecule has 1 heterocycles. The predicted molar refractivity (Wildman–Crippen MR) is 81.8 cm³/mol. The number of rotatable bonds is 3. The first kappa shape index (κ1) is 15.2. The van der Waals surface area contributed by atoms with Crippen molar-refractivity contribution in [1.82, 2.24) is 4.90 Å². The maximum atomic E-state index is 12.8. The maximum absolute atomic E-state index is 12.8. The van der Waals surface area contributed by atoms with Gasteiger partial charge in [0.2, 0.25) is 5.91 Å². The van der Waals surface area contributed by atoms with E-state index < -0.39 is 30.1 Å². The number of hydrogen-bond acceptors (Lipinski definition) is 3. The lowest BCUT2D eigenvalue weighted by Crippen LogP contribution is -2.37. The number of hydrogen-bond donors (Lipinski definition) is 1. The van der Waals surface area contributed by atoms with Gasteiger partial charge in [-0.3, -0.25) is 19.3 Å². The smallest absolute Gasteiger partial charge is 0.263 e. The van der Waals surface area contributed by atoms with Gasteiger partial charge in [0.15, 0.2) is 0 Å². The third-order valence-corrected chi connectivity index (χ3v) is 3.69. The number of nitrogens with zero attached hydrogens (tertiary/aromatic N) is 1. The molecule has 2 aromatic carbocycles. The number of nitrogens with one attached hydrogen (secondary N) is 1. The minimum Gasteiger partial charge on any atom is -0.325 e. The van der Waals surface area contributed by atoms with E-state index in [9.17, 15) is 18.8 Å². The summed E-state index contributed by atoms with van der Waals surface area (Å²) in [5.74, 6) is -2.17. The van der Waals surface area contributed by atoms with Crippen molar-refractivity contribution in [2.24, 2.45) is 0 Å². The molecule has 0 aromatic heterocycles. The standard InChI is InChI=1S/C16H10ClFN2O3/c17-12-3-1-2-11-14(12)16(23)20(15(11)22)8-13(21)19-10-6-4-9(18)5-7-10/h1-7H,8H2,(H,19,21). The fraction of sp³-hybridized carbons (Fsp3) is 0.0625. The van der Waals surface area contributed by atoms with Crippen LogP contribution in [0.4, 0.5) is 10.1 Å². The maximum Gasteiger partial charge on any atom is 0.263 e. The lowest BCUT2D eigenvalue weighted by atomic mass is 10.1. The molecule has 2 aromatic rings. The molecule has 0 saturated heterocycles. The van der Waals surface area contributed by atoms with E-state index in [2.05, 4.69) is 5.32 Å². The largest absolute Gasteiger partial charge is 0.325 e. The van der Waals surface area contributed by atoms with Crippen LogP contribution in [0.25, 0.3) is 0 Å². The Morgan fingerprint density at radius 1 is 1.09 bits per heavy atom. The van der Waals surface area contributed by atoms with Crippen molar-refractivity contribution in [3.63, 3.8) is 0 Å². The third kappa shape index (κ3) is 2.80. The number of anilines is 1. The van der Waals surface area contributed by atoms with Crippen molar-refractivity contribution in [1.29, 1.82) is 0 Å². The van der Waals surface area contributed by atoms with Gasteiger partial charge >= 0.3 is 0 Å². The van der Waals surface area contributed by atoms with Crippen LogP contribution in [0.1, 0.15) is 20.7 Å². The topological polar surface area (TPSA) is 66.5 Å². The number of benzene rings is 2. The number of imide groups is 1. The molecule has 0 radical (unpaired) electrons. The normalized spacial score (nSPS) is 13.2. The summed E-state index contributed by atoms with van der Waals surface area (Å²) in [6.07, 6.45) is 0. The van der Waals surface area contributed by atoms with Gasteiger partial charge in [0.05, 0.1) is 16.1 Å². The summed E-state index contributed by atoms with van der Waals surface area (Å²) in [6, 6.07) is 9.70. The average molecular weight is 333 g/mol. The van der Waals surface area contributed by atoms with Crippen LogP contribution in [0.2, 0.25) is 5.02 Å². The van der Waals surface area contributed by atoms with Crippen molar-refractivity contribution in [3.05, 3.63) is 64.4 Å². The van der Waals surface area contributed by atoms with E-state index in [4.69, 9.17) is 11.6 Å². The molecule has 0 spiro atoms. The van der Waals surface area contributed by atoms with Gasteiger partial charge in [-0.15, -0.1) is 0 Å². The van der Waals surface area contributed by atoms with E-state index in [0.717, 1.165) is 4.90 Å². The summed E-state index contributed by atoms with van der Waals surface area (Å²) >= 11 is 5.94.